The molecule has 3 aromatic rings. The zero-order valence-electron chi connectivity index (χ0n) is 17.5. The Kier molecular flexibility index (Phi) is 5.93. The number of benzene rings is 2. The van der Waals surface area contributed by atoms with E-state index in [4.69, 9.17) is 0 Å². The van der Waals surface area contributed by atoms with E-state index >= 15 is 0 Å². The zero-order valence-corrected chi connectivity index (χ0v) is 17.5. The third-order valence-corrected chi connectivity index (χ3v) is 5.60. The lowest BCUT2D eigenvalue weighted by Gasteiger charge is -2.27. The molecule has 2 aromatic carbocycles. The molecule has 2 heterocycles. The summed E-state index contributed by atoms with van der Waals surface area (Å²) in [6.45, 7) is 6.11. The van der Waals surface area contributed by atoms with Crippen molar-refractivity contribution in [2.45, 2.75) is 33.1 Å². The number of urea groups is 1. The molecule has 2 N–H and O–H groups in total. The second-order valence-corrected chi connectivity index (χ2v) is 7.73. The fraction of sp³-hybridized carbons (Fsp3) is 0.292. The van der Waals surface area contributed by atoms with Crippen molar-refractivity contribution in [2.75, 3.05) is 28.6 Å². The molecule has 154 valence electrons. The molecule has 0 aliphatic carbocycles. The minimum atomic E-state index is -0.271. The second-order valence-electron chi connectivity index (χ2n) is 7.73. The number of anilines is 3. The topological polar surface area (TPSA) is 70.2 Å². The molecule has 2 amide bonds. The first kappa shape index (κ1) is 19.9. The third-order valence-electron chi connectivity index (χ3n) is 5.60. The van der Waals surface area contributed by atoms with Crippen LogP contribution in [0.2, 0.25) is 0 Å². The second kappa shape index (κ2) is 8.95. The van der Waals surface area contributed by atoms with E-state index in [0.717, 1.165) is 47.0 Å². The molecule has 1 aromatic heterocycles. The van der Waals surface area contributed by atoms with Gasteiger partial charge >= 0.3 is 6.03 Å². The van der Waals surface area contributed by atoms with Crippen LogP contribution in [0.25, 0.3) is 11.3 Å². The summed E-state index contributed by atoms with van der Waals surface area (Å²) in [5.41, 5.74) is 5.42. The summed E-state index contributed by atoms with van der Waals surface area (Å²) < 4.78 is 0. The van der Waals surface area contributed by atoms with Gasteiger partial charge in [0, 0.05) is 30.0 Å². The Labute approximate surface area is 177 Å². The molecule has 4 rings (SSSR count). The number of hydrogen-bond donors (Lipinski definition) is 2. The highest BCUT2D eigenvalue weighted by Crippen LogP contribution is 2.24. The van der Waals surface area contributed by atoms with Crippen molar-refractivity contribution in [3.63, 3.8) is 0 Å². The van der Waals surface area contributed by atoms with Crippen LogP contribution in [0.15, 0.2) is 54.6 Å². The number of hydrogen-bond acceptors (Lipinski definition) is 4. The Balaban J connectivity index is 1.44. The first-order chi connectivity index (χ1) is 14.6. The van der Waals surface area contributed by atoms with Gasteiger partial charge in [0.05, 0.1) is 5.69 Å². The number of aryl methyl sites for hydroxylation is 1. The first-order valence-electron chi connectivity index (χ1n) is 10.4. The molecule has 6 nitrogen and oxygen atoms in total. The summed E-state index contributed by atoms with van der Waals surface area (Å²) in [6, 6.07) is 17.3. The maximum atomic E-state index is 12.5. The predicted molar refractivity (Wildman–Crippen MR) is 122 cm³/mol. The number of aromatic nitrogens is 2. The minimum Gasteiger partial charge on any atom is -0.355 e. The van der Waals surface area contributed by atoms with E-state index in [0.29, 0.717) is 5.69 Å². The summed E-state index contributed by atoms with van der Waals surface area (Å²) >= 11 is 0. The summed E-state index contributed by atoms with van der Waals surface area (Å²) in [6.07, 6.45) is 3.71. The summed E-state index contributed by atoms with van der Waals surface area (Å²) in [4.78, 5) is 14.7. The average Bonchev–Trinajstić information content (AvgIpc) is 2.78. The van der Waals surface area contributed by atoms with E-state index in [1.807, 2.05) is 68.4 Å². The van der Waals surface area contributed by atoms with Gasteiger partial charge in [-0.1, -0.05) is 24.3 Å². The molecule has 0 atom stereocenters. The lowest BCUT2D eigenvalue weighted by molar-refractivity contribution is 0.262. The van der Waals surface area contributed by atoms with Gasteiger partial charge in [0.25, 0.3) is 0 Å². The quantitative estimate of drug-likeness (QED) is 0.614. The molecule has 30 heavy (non-hydrogen) atoms. The minimum absolute atomic E-state index is 0.271. The lowest BCUT2D eigenvalue weighted by atomic mass is 10.1. The monoisotopic (exact) mass is 401 g/mol. The van der Waals surface area contributed by atoms with Crippen LogP contribution in [0.1, 0.15) is 30.4 Å². The molecular formula is C24H27N5O. The maximum Gasteiger partial charge on any atom is 0.323 e. The molecular weight excluding hydrogens is 374 g/mol. The maximum absolute atomic E-state index is 12.5. The molecule has 1 aliphatic heterocycles. The van der Waals surface area contributed by atoms with Crippen LogP contribution in [-0.4, -0.2) is 29.3 Å². The Morgan fingerprint density at radius 2 is 1.70 bits per heavy atom. The summed E-state index contributed by atoms with van der Waals surface area (Å²) in [5, 5.41) is 14.7. The zero-order chi connectivity index (χ0) is 20.9. The molecule has 0 saturated carbocycles. The van der Waals surface area contributed by atoms with Crippen LogP contribution < -0.4 is 15.5 Å². The standard InChI is InChI=1S/C24H27N5O/c1-17-8-6-11-21(18(17)2)26-24(30)25-20-10-7-9-19(16-20)22-12-13-23(28-27-22)29-14-4-3-5-15-29/h6-13,16H,3-5,14-15H2,1-2H3,(H2,25,26,30). The number of carbonyl (C=O) groups is 1. The molecule has 0 unspecified atom stereocenters. The fourth-order valence-electron chi connectivity index (χ4n) is 3.70. The highest BCUT2D eigenvalue weighted by molar-refractivity contribution is 6.00. The molecule has 1 aliphatic rings. The summed E-state index contributed by atoms with van der Waals surface area (Å²) in [5.74, 6) is 0.931. The van der Waals surface area contributed by atoms with Crippen molar-refractivity contribution in [1.82, 2.24) is 10.2 Å². The molecule has 0 radical (unpaired) electrons. The Hall–Kier alpha value is -3.41. The lowest BCUT2D eigenvalue weighted by Crippen LogP contribution is -2.30. The normalized spacial score (nSPS) is 13.7. The largest absolute Gasteiger partial charge is 0.355 e. The molecule has 1 saturated heterocycles. The van der Waals surface area contributed by atoms with Crippen LogP contribution in [0.5, 0.6) is 0 Å². The van der Waals surface area contributed by atoms with Crippen LogP contribution >= 0.6 is 0 Å². The highest BCUT2D eigenvalue weighted by atomic mass is 16.2. The van der Waals surface area contributed by atoms with Gasteiger partial charge in [0.1, 0.15) is 0 Å². The van der Waals surface area contributed by atoms with Gasteiger partial charge in [0.15, 0.2) is 5.82 Å². The van der Waals surface area contributed by atoms with Gasteiger partial charge in [-0.25, -0.2) is 4.79 Å². The van der Waals surface area contributed by atoms with Crippen molar-refractivity contribution in [3.8, 4) is 11.3 Å². The fourth-order valence-corrected chi connectivity index (χ4v) is 3.70. The number of amides is 2. The van der Waals surface area contributed by atoms with Gasteiger partial charge in [-0.3, -0.25) is 0 Å². The smallest absolute Gasteiger partial charge is 0.323 e. The first-order valence-corrected chi connectivity index (χ1v) is 10.4. The van der Waals surface area contributed by atoms with Gasteiger partial charge in [-0.15, -0.1) is 10.2 Å². The van der Waals surface area contributed by atoms with Crippen molar-refractivity contribution in [3.05, 3.63) is 65.7 Å². The van der Waals surface area contributed by atoms with Gasteiger partial charge in [0.2, 0.25) is 0 Å². The van der Waals surface area contributed by atoms with Crippen LogP contribution in [0.3, 0.4) is 0 Å². The van der Waals surface area contributed by atoms with E-state index in [9.17, 15) is 4.79 Å². The molecule has 6 heteroatoms. The average molecular weight is 402 g/mol. The van der Waals surface area contributed by atoms with E-state index in [1.54, 1.807) is 0 Å². The van der Waals surface area contributed by atoms with Crippen molar-refractivity contribution in [1.29, 1.82) is 0 Å². The molecule has 0 spiro atoms. The van der Waals surface area contributed by atoms with Crippen molar-refractivity contribution in [2.24, 2.45) is 0 Å². The van der Waals surface area contributed by atoms with Crippen LogP contribution in [0.4, 0.5) is 22.0 Å². The third kappa shape index (κ3) is 4.59. The van der Waals surface area contributed by atoms with Crippen molar-refractivity contribution < 1.29 is 4.79 Å². The van der Waals surface area contributed by atoms with Crippen molar-refractivity contribution >= 4 is 23.2 Å². The van der Waals surface area contributed by atoms with E-state index < -0.39 is 0 Å². The Morgan fingerprint density at radius 1 is 0.900 bits per heavy atom. The molecule has 1 fully saturated rings. The SMILES string of the molecule is Cc1cccc(NC(=O)Nc2cccc(-c3ccc(N4CCCCC4)nn3)c2)c1C. The number of piperidine rings is 1. The number of nitrogens with one attached hydrogen (secondary N) is 2. The number of carbonyl (C=O) groups excluding carboxylic acids is 1. The van der Waals surface area contributed by atoms with Gasteiger partial charge in [-0.05, 0) is 74.6 Å². The predicted octanol–water partition coefficient (Wildman–Crippen LogP) is 5.39. The van der Waals surface area contributed by atoms with Gasteiger partial charge < -0.3 is 15.5 Å². The highest BCUT2D eigenvalue weighted by Gasteiger charge is 2.13. The van der Waals surface area contributed by atoms with E-state index in [2.05, 4.69) is 25.7 Å². The molecule has 0 bridgehead atoms. The van der Waals surface area contributed by atoms with Crippen LogP contribution in [-0.2, 0) is 0 Å². The van der Waals surface area contributed by atoms with E-state index in [1.165, 1.54) is 19.3 Å². The number of nitrogens with zero attached hydrogens (tertiary/aromatic N) is 3. The van der Waals surface area contributed by atoms with E-state index in [-0.39, 0.29) is 6.03 Å². The Bertz CT molecular complexity index is 1030. The summed E-state index contributed by atoms with van der Waals surface area (Å²) in [7, 11) is 0. The van der Waals surface area contributed by atoms with Gasteiger partial charge in [-0.2, -0.15) is 0 Å². The Morgan fingerprint density at radius 3 is 2.47 bits per heavy atom. The van der Waals surface area contributed by atoms with Crippen LogP contribution in [0, 0.1) is 13.8 Å². The number of rotatable bonds is 4.